The van der Waals surface area contributed by atoms with Crippen molar-refractivity contribution in [2.45, 2.75) is 161 Å². The number of carbonyl (C=O) groups excluding carboxylic acids is 1. The first-order chi connectivity index (χ1) is 14.7. The highest BCUT2D eigenvalue weighted by Gasteiger charge is 2.14. The number of esters is 1. The molecule has 0 bridgehead atoms. The Labute approximate surface area is 189 Å². The summed E-state index contributed by atoms with van der Waals surface area (Å²) in [5, 5.41) is 0. The molecular weight excluding hydrogens is 370 g/mol. The minimum atomic E-state index is 0.0321. The molecular formula is C27H55NO2. The quantitative estimate of drug-likeness (QED) is 0.125. The van der Waals surface area contributed by atoms with Crippen molar-refractivity contribution in [2.75, 3.05) is 6.54 Å². The molecule has 30 heavy (non-hydrogen) atoms. The predicted molar refractivity (Wildman–Crippen MR) is 132 cm³/mol. The standard InChI is InChI=1S/C27H55NO2/c1-3-5-7-9-11-14-18-22-26(23-19-15-12-10-8-6-4-2)30-27(29)24-20-16-13-17-21-25-28/h26H,3-25,28H2,1-2H3. The van der Waals surface area contributed by atoms with E-state index in [9.17, 15) is 4.79 Å². The van der Waals surface area contributed by atoms with Crippen molar-refractivity contribution in [2.24, 2.45) is 5.73 Å². The average Bonchev–Trinajstić information content (AvgIpc) is 2.74. The lowest BCUT2D eigenvalue weighted by molar-refractivity contribution is -0.150. The van der Waals surface area contributed by atoms with E-state index in [1.807, 2.05) is 0 Å². The van der Waals surface area contributed by atoms with Crippen molar-refractivity contribution < 1.29 is 9.53 Å². The number of nitrogens with two attached hydrogens (primary N) is 1. The van der Waals surface area contributed by atoms with Crippen molar-refractivity contribution in [3.05, 3.63) is 0 Å². The van der Waals surface area contributed by atoms with Gasteiger partial charge in [-0.05, 0) is 45.1 Å². The Bertz CT molecular complexity index is 328. The first-order valence-electron chi connectivity index (χ1n) is 13.6. The highest BCUT2D eigenvalue weighted by Crippen LogP contribution is 2.18. The molecule has 0 amide bonds. The summed E-state index contributed by atoms with van der Waals surface area (Å²) in [6, 6.07) is 0. The van der Waals surface area contributed by atoms with Gasteiger partial charge in [-0.2, -0.15) is 0 Å². The summed E-state index contributed by atoms with van der Waals surface area (Å²) in [5.41, 5.74) is 5.53. The summed E-state index contributed by atoms with van der Waals surface area (Å²) in [7, 11) is 0. The summed E-state index contributed by atoms with van der Waals surface area (Å²) in [6.07, 6.45) is 26.9. The number of hydrogen-bond donors (Lipinski definition) is 1. The van der Waals surface area contributed by atoms with Crippen LogP contribution >= 0.6 is 0 Å². The molecule has 2 N–H and O–H groups in total. The fourth-order valence-electron chi connectivity index (χ4n) is 4.11. The molecule has 0 radical (unpaired) electrons. The summed E-state index contributed by atoms with van der Waals surface area (Å²) in [6.45, 7) is 5.31. The first-order valence-corrected chi connectivity index (χ1v) is 13.6. The van der Waals surface area contributed by atoms with Crippen molar-refractivity contribution in [1.29, 1.82) is 0 Å². The molecule has 0 aliphatic heterocycles. The fourth-order valence-corrected chi connectivity index (χ4v) is 4.11. The van der Waals surface area contributed by atoms with Gasteiger partial charge in [-0.15, -0.1) is 0 Å². The van der Waals surface area contributed by atoms with Crippen LogP contribution < -0.4 is 5.73 Å². The molecule has 180 valence electrons. The van der Waals surface area contributed by atoms with E-state index in [-0.39, 0.29) is 12.1 Å². The van der Waals surface area contributed by atoms with E-state index < -0.39 is 0 Å². The van der Waals surface area contributed by atoms with Crippen LogP contribution in [0.4, 0.5) is 0 Å². The summed E-state index contributed by atoms with van der Waals surface area (Å²) in [5.74, 6) is 0.0321. The van der Waals surface area contributed by atoms with Crippen LogP contribution in [0.15, 0.2) is 0 Å². The number of carbonyl (C=O) groups is 1. The zero-order chi connectivity index (χ0) is 22.1. The molecule has 0 unspecified atom stereocenters. The van der Waals surface area contributed by atoms with E-state index in [2.05, 4.69) is 13.8 Å². The van der Waals surface area contributed by atoms with Crippen LogP contribution in [0.1, 0.15) is 155 Å². The van der Waals surface area contributed by atoms with E-state index in [0.717, 1.165) is 38.6 Å². The third-order valence-electron chi connectivity index (χ3n) is 6.14. The first kappa shape index (κ1) is 29.4. The van der Waals surface area contributed by atoms with Crippen LogP contribution in [-0.4, -0.2) is 18.6 Å². The second kappa shape index (κ2) is 24.7. The van der Waals surface area contributed by atoms with E-state index >= 15 is 0 Å². The van der Waals surface area contributed by atoms with Gasteiger partial charge in [0.25, 0.3) is 0 Å². The van der Waals surface area contributed by atoms with E-state index in [1.165, 1.54) is 103 Å². The lowest BCUT2D eigenvalue weighted by Crippen LogP contribution is -2.18. The fraction of sp³-hybridized carbons (Fsp3) is 0.963. The van der Waals surface area contributed by atoms with Crippen LogP contribution in [0, 0.1) is 0 Å². The Morgan fingerprint density at radius 1 is 0.600 bits per heavy atom. The molecule has 0 aromatic carbocycles. The van der Waals surface area contributed by atoms with Gasteiger partial charge < -0.3 is 10.5 Å². The molecule has 3 nitrogen and oxygen atoms in total. The Balaban J connectivity index is 4.01. The molecule has 0 spiro atoms. The molecule has 0 aliphatic carbocycles. The van der Waals surface area contributed by atoms with Crippen molar-refractivity contribution in [1.82, 2.24) is 0 Å². The van der Waals surface area contributed by atoms with Crippen LogP contribution in [-0.2, 0) is 9.53 Å². The monoisotopic (exact) mass is 425 g/mol. The third kappa shape index (κ3) is 22.1. The lowest BCUT2D eigenvalue weighted by Gasteiger charge is -2.18. The molecule has 0 rings (SSSR count). The van der Waals surface area contributed by atoms with Gasteiger partial charge in [-0.25, -0.2) is 0 Å². The van der Waals surface area contributed by atoms with Gasteiger partial charge >= 0.3 is 5.97 Å². The Kier molecular flexibility index (Phi) is 24.2. The van der Waals surface area contributed by atoms with Gasteiger partial charge in [0.15, 0.2) is 0 Å². The van der Waals surface area contributed by atoms with Gasteiger partial charge in [0, 0.05) is 6.42 Å². The highest BCUT2D eigenvalue weighted by atomic mass is 16.5. The molecule has 0 atom stereocenters. The van der Waals surface area contributed by atoms with Gasteiger partial charge in [0.05, 0.1) is 0 Å². The summed E-state index contributed by atoms with van der Waals surface area (Å²) < 4.78 is 5.91. The van der Waals surface area contributed by atoms with Crippen LogP contribution in [0.3, 0.4) is 0 Å². The number of unbranched alkanes of at least 4 members (excludes halogenated alkanes) is 16. The van der Waals surface area contributed by atoms with Gasteiger partial charge in [-0.1, -0.05) is 110 Å². The van der Waals surface area contributed by atoms with Crippen LogP contribution in [0.25, 0.3) is 0 Å². The smallest absolute Gasteiger partial charge is 0.306 e. The van der Waals surface area contributed by atoms with E-state index in [0.29, 0.717) is 6.42 Å². The van der Waals surface area contributed by atoms with Gasteiger partial charge in [-0.3, -0.25) is 4.79 Å². The lowest BCUT2D eigenvalue weighted by atomic mass is 10.0. The minimum absolute atomic E-state index is 0.0321. The Morgan fingerprint density at radius 2 is 1.00 bits per heavy atom. The molecule has 0 fully saturated rings. The SMILES string of the molecule is CCCCCCCCCC(CCCCCCCCC)OC(=O)CCCCCCCN. The largest absolute Gasteiger partial charge is 0.462 e. The maximum atomic E-state index is 12.3. The molecule has 0 saturated carbocycles. The predicted octanol–water partition coefficient (Wildman–Crippen LogP) is 8.48. The number of ether oxygens (including phenoxy) is 1. The van der Waals surface area contributed by atoms with Gasteiger partial charge in [0.2, 0.25) is 0 Å². The Hall–Kier alpha value is -0.570. The number of hydrogen-bond acceptors (Lipinski definition) is 3. The zero-order valence-electron chi connectivity index (χ0n) is 20.7. The normalized spacial score (nSPS) is 11.3. The van der Waals surface area contributed by atoms with Crippen LogP contribution in [0.2, 0.25) is 0 Å². The minimum Gasteiger partial charge on any atom is -0.462 e. The van der Waals surface area contributed by atoms with Crippen molar-refractivity contribution in [3.63, 3.8) is 0 Å². The maximum Gasteiger partial charge on any atom is 0.306 e. The highest BCUT2D eigenvalue weighted by molar-refractivity contribution is 5.69. The van der Waals surface area contributed by atoms with Crippen molar-refractivity contribution >= 4 is 5.97 Å². The Morgan fingerprint density at radius 3 is 1.47 bits per heavy atom. The topological polar surface area (TPSA) is 52.3 Å². The molecule has 0 saturated heterocycles. The summed E-state index contributed by atoms with van der Waals surface area (Å²) in [4.78, 5) is 12.3. The second-order valence-corrected chi connectivity index (χ2v) is 9.24. The molecule has 0 heterocycles. The molecule has 0 aromatic rings. The molecule has 0 aliphatic rings. The van der Waals surface area contributed by atoms with E-state index in [1.54, 1.807) is 0 Å². The molecule has 0 aromatic heterocycles. The van der Waals surface area contributed by atoms with E-state index in [4.69, 9.17) is 10.5 Å². The third-order valence-corrected chi connectivity index (χ3v) is 6.14. The maximum absolute atomic E-state index is 12.3. The molecule has 3 heteroatoms. The average molecular weight is 426 g/mol. The van der Waals surface area contributed by atoms with Crippen molar-refractivity contribution in [3.8, 4) is 0 Å². The zero-order valence-corrected chi connectivity index (χ0v) is 20.7. The van der Waals surface area contributed by atoms with Crippen LogP contribution in [0.5, 0.6) is 0 Å². The second-order valence-electron chi connectivity index (χ2n) is 9.24. The van der Waals surface area contributed by atoms with Gasteiger partial charge in [0.1, 0.15) is 6.10 Å². The number of rotatable bonds is 24. The summed E-state index contributed by atoms with van der Waals surface area (Å²) >= 11 is 0.